The van der Waals surface area contributed by atoms with Gasteiger partial charge < -0.3 is 15.0 Å². The lowest BCUT2D eigenvalue weighted by molar-refractivity contribution is 0.629. The molecule has 3 N–H and O–H groups in total. The van der Waals surface area contributed by atoms with Crippen LogP contribution in [0.15, 0.2) is 71.2 Å². The number of imidazole rings is 3. The molecule has 0 aliphatic heterocycles. The maximum Gasteiger partial charge on any atom is 0.139 e. The van der Waals surface area contributed by atoms with Crippen LogP contribution in [0.2, 0.25) is 5.02 Å². The van der Waals surface area contributed by atoms with E-state index in [2.05, 4.69) is 36.8 Å². The van der Waals surface area contributed by atoms with Crippen LogP contribution in [0.1, 0.15) is 5.56 Å². The summed E-state index contributed by atoms with van der Waals surface area (Å²) in [7, 11) is 0. The van der Waals surface area contributed by atoms with Crippen LogP contribution in [0.3, 0.4) is 0 Å². The van der Waals surface area contributed by atoms with Gasteiger partial charge in [0.05, 0.1) is 33.1 Å². The third-order valence-corrected chi connectivity index (χ3v) is 7.11. The van der Waals surface area contributed by atoms with E-state index in [9.17, 15) is 4.39 Å². The smallest absolute Gasteiger partial charge is 0.139 e. The summed E-state index contributed by atoms with van der Waals surface area (Å²) in [5, 5.41) is 0.596. The van der Waals surface area contributed by atoms with Crippen LogP contribution in [-0.2, 0) is 0 Å². The Morgan fingerprint density at radius 2 is 1.26 bits per heavy atom. The number of hydrogen-bond donors (Lipinski definition) is 3. The highest BCUT2D eigenvalue weighted by atomic mass is 79.9. The number of halogens is 3. The average molecular weight is 582 g/mol. The summed E-state index contributed by atoms with van der Waals surface area (Å²) in [4.78, 5) is 24.5. The highest BCUT2D eigenvalue weighted by molar-refractivity contribution is 9.10. The molecule has 182 valence electrons. The summed E-state index contributed by atoms with van der Waals surface area (Å²) in [6.07, 6.45) is 5.90. The summed E-state index contributed by atoms with van der Waals surface area (Å²) in [5.41, 5.74) is 7.18. The number of nitrogens with one attached hydrogen (secondary N) is 3. The van der Waals surface area contributed by atoms with Gasteiger partial charge in [0.25, 0.3) is 0 Å². The van der Waals surface area contributed by atoms with Crippen molar-refractivity contribution in [1.29, 1.82) is 0 Å². The Hall–Kier alpha value is -4.45. The normalized spacial score (nSPS) is 11.5. The van der Waals surface area contributed by atoms with E-state index in [0.29, 0.717) is 50.2 Å². The first-order chi connectivity index (χ1) is 18.4. The molecule has 0 aliphatic rings. The number of hydrogen-bond acceptors (Lipinski definition) is 3. The minimum absolute atomic E-state index is 0.354. The lowest BCUT2D eigenvalue weighted by Gasteiger charge is -2.12. The van der Waals surface area contributed by atoms with E-state index in [1.54, 1.807) is 12.1 Å². The van der Waals surface area contributed by atoms with Crippen molar-refractivity contribution >= 4 is 60.6 Å². The zero-order valence-corrected chi connectivity index (χ0v) is 21.7. The van der Waals surface area contributed by atoms with Gasteiger partial charge in [-0.3, -0.25) is 0 Å². The van der Waals surface area contributed by atoms with Crippen LogP contribution >= 0.6 is 27.5 Å². The lowest BCUT2D eigenvalue weighted by Crippen LogP contribution is -1.96. The maximum absolute atomic E-state index is 14.0. The molecule has 3 aromatic heterocycles. The first kappa shape index (κ1) is 22.7. The molecular formula is C29H15BrClFN6. The Morgan fingerprint density at radius 1 is 0.711 bits per heavy atom. The summed E-state index contributed by atoms with van der Waals surface area (Å²) >= 11 is 9.75. The number of terminal acetylenes is 1. The highest BCUT2D eigenvalue weighted by Gasteiger charge is 2.23. The number of aromatic nitrogens is 6. The van der Waals surface area contributed by atoms with Gasteiger partial charge in [-0.25, -0.2) is 19.3 Å². The molecule has 9 heteroatoms. The number of nitrogens with zero attached hydrogens (tertiary/aromatic N) is 3. The van der Waals surface area contributed by atoms with E-state index in [-0.39, 0.29) is 5.82 Å². The molecule has 0 aliphatic carbocycles. The molecule has 0 bridgehead atoms. The SMILES string of the molecule is C#Cc1cc(-c2nc3ccc(Cl)cc3[nH]2)c(-c2nc3ccc(F)cc3[nH]2)c(-c2nc3ccc(Br)cc3[nH]2)c1. The fourth-order valence-electron chi connectivity index (χ4n) is 4.67. The Balaban J connectivity index is 1.57. The highest BCUT2D eigenvalue weighted by Crippen LogP contribution is 2.40. The number of rotatable bonds is 3. The minimum Gasteiger partial charge on any atom is -0.338 e. The van der Waals surface area contributed by atoms with E-state index < -0.39 is 0 Å². The molecule has 0 fully saturated rings. The standard InChI is InChI=1S/C29H15BrClFN6/c1-2-14-9-18(27-33-20-6-3-15(30)11-23(20)36-27)26(29-35-22-8-5-17(32)13-25(22)38-29)19(10-14)28-34-21-7-4-16(31)12-24(21)37-28/h1,3-13H,(H,33,36)(H,34,37)(H,35,38). The van der Waals surface area contributed by atoms with Gasteiger partial charge in [-0.1, -0.05) is 33.5 Å². The van der Waals surface area contributed by atoms with Gasteiger partial charge >= 0.3 is 0 Å². The fraction of sp³-hybridized carbons (Fsp3) is 0. The molecule has 0 spiro atoms. The summed E-state index contributed by atoms with van der Waals surface area (Å²) in [6.45, 7) is 0. The zero-order valence-electron chi connectivity index (χ0n) is 19.4. The average Bonchev–Trinajstić information content (AvgIpc) is 3.63. The Bertz CT molecular complexity index is 2000. The molecule has 0 radical (unpaired) electrons. The largest absolute Gasteiger partial charge is 0.338 e. The second-order valence-corrected chi connectivity index (χ2v) is 10.2. The fourth-order valence-corrected chi connectivity index (χ4v) is 5.21. The molecule has 6 nitrogen and oxygen atoms in total. The van der Waals surface area contributed by atoms with Gasteiger partial charge in [-0.2, -0.15) is 0 Å². The molecular weight excluding hydrogens is 567 g/mol. The molecule has 7 aromatic rings. The number of fused-ring (bicyclic) bond motifs is 3. The summed E-state index contributed by atoms with van der Waals surface area (Å²) in [5.74, 6) is 4.12. The van der Waals surface area contributed by atoms with Crippen molar-refractivity contribution in [1.82, 2.24) is 29.9 Å². The summed E-state index contributed by atoms with van der Waals surface area (Å²) in [6, 6.07) is 19.5. The van der Waals surface area contributed by atoms with Crippen LogP contribution < -0.4 is 0 Å². The van der Waals surface area contributed by atoms with E-state index in [4.69, 9.17) is 33.0 Å². The molecule has 38 heavy (non-hydrogen) atoms. The first-order valence-electron chi connectivity index (χ1n) is 11.6. The Kier molecular flexibility index (Phi) is 5.11. The molecule has 0 amide bonds. The number of benzene rings is 4. The monoisotopic (exact) mass is 580 g/mol. The summed E-state index contributed by atoms with van der Waals surface area (Å²) < 4.78 is 15.0. The molecule has 4 aromatic carbocycles. The van der Waals surface area contributed by atoms with Crippen molar-refractivity contribution < 1.29 is 4.39 Å². The predicted molar refractivity (Wildman–Crippen MR) is 152 cm³/mol. The molecule has 0 saturated heterocycles. The van der Waals surface area contributed by atoms with Gasteiger partial charge in [0.1, 0.15) is 23.3 Å². The van der Waals surface area contributed by atoms with E-state index in [1.807, 2.05) is 42.5 Å². The molecule has 0 unspecified atom stereocenters. The zero-order chi connectivity index (χ0) is 26.0. The van der Waals surface area contributed by atoms with Gasteiger partial charge in [-0.05, 0) is 66.7 Å². The topological polar surface area (TPSA) is 86.0 Å². The van der Waals surface area contributed by atoms with Gasteiger partial charge in [-0.15, -0.1) is 6.42 Å². The van der Waals surface area contributed by atoms with Gasteiger partial charge in [0.2, 0.25) is 0 Å². The molecule has 0 saturated carbocycles. The second kappa shape index (κ2) is 8.55. The van der Waals surface area contributed by atoms with Crippen LogP contribution in [0.5, 0.6) is 0 Å². The van der Waals surface area contributed by atoms with Gasteiger partial charge in [0.15, 0.2) is 0 Å². The van der Waals surface area contributed by atoms with Crippen molar-refractivity contribution in [3.63, 3.8) is 0 Å². The van der Waals surface area contributed by atoms with Crippen LogP contribution in [0, 0.1) is 18.2 Å². The van der Waals surface area contributed by atoms with Crippen molar-refractivity contribution in [2.24, 2.45) is 0 Å². The molecule has 3 heterocycles. The van der Waals surface area contributed by atoms with E-state index in [1.165, 1.54) is 12.1 Å². The number of H-pyrrole nitrogens is 3. The molecule has 0 atom stereocenters. The molecule has 7 rings (SSSR count). The van der Waals surface area contributed by atoms with Crippen molar-refractivity contribution in [2.45, 2.75) is 0 Å². The minimum atomic E-state index is -0.354. The second-order valence-electron chi connectivity index (χ2n) is 8.83. The quantitative estimate of drug-likeness (QED) is 0.186. The Morgan fingerprint density at radius 3 is 1.95 bits per heavy atom. The first-order valence-corrected chi connectivity index (χ1v) is 12.7. The number of aromatic amines is 3. The van der Waals surface area contributed by atoms with Crippen LogP contribution in [0.4, 0.5) is 4.39 Å². The maximum atomic E-state index is 14.0. The Labute approximate surface area is 228 Å². The van der Waals surface area contributed by atoms with Crippen molar-refractivity contribution in [3.8, 4) is 46.5 Å². The van der Waals surface area contributed by atoms with Crippen molar-refractivity contribution in [3.05, 3.63) is 87.6 Å². The predicted octanol–water partition coefficient (Wildman–Crippen LogP) is 7.85. The lowest BCUT2D eigenvalue weighted by atomic mass is 9.96. The van der Waals surface area contributed by atoms with E-state index in [0.717, 1.165) is 32.1 Å². The van der Waals surface area contributed by atoms with Crippen molar-refractivity contribution in [2.75, 3.05) is 0 Å². The van der Waals surface area contributed by atoms with Crippen LogP contribution in [0.25, 0.3) is 67.3 Å². The third kappa shape index (κ3) is 3.76. The van der Waals surface area contributed by atoms with Crippen LogP contribution in [-0.4, -0.2) is 29.9 Å². The van der Waals surface area contributed by atoms with Gasteiger partial charge in [0, 0.05) is 31.7 Å². The third-order valence-electron chi connectivity index (χ3n) is 6.38. The van der Waals surface area contributed by atoms with E-state index >= 15 is 0 Å².